The Morgan fingerprint density at radius 1 is 1.25 bits per heavy atom. The number of benzene rings is 1. The zero-order valence-corrected chi connectivity index (χ0v) is 13.5. The zero-order valence-electron chi connectivity index (χ0n) is 13.5. The van der Waals surface area contributed by atoms with E-state index >= 15 is 0 Å². The molecule has 0 atom stereocenters. The van der Waals surface area contributed by atoms with E-state index in [0.717, 1.165) is 56.5 Å². The molecule has 2 heterocycles. The van der Waals surface area contributed by atoms with Crippen molar-refractivity contribution in [3.63, 3.8) is 0 Å². The van der Waals surface area contributed by atoms with Crippen molar-refractivity contribution in [1.29, 1.82) is 0 Å². The van der Waals surface area contributed by atoms with Crippen molar-refractivity contribution in [2.75, 3.05) is 13.1 Å². The lowest BCUT2D eigenvalue weighted by molar-refractivity contribution is 0.0923. The minimum atomic E-state index is -0.319. The topological polar surface area (TPSA) is 59.0 Å². The molecule has 4 rings (SSSR count). The van der Waals surface area contributed by atoms with E-state index in [0.29, 0.717) is 11.4 Å². The van der Waals surface area contributed by atoms with Gasteiger partial charge in [0, 0.05) is 17.3 Å². The Hall–Kier alpha value is -2.21. The smallest absolute Gasteiger partial charge is 0.272 e. The number of fused-ring (bicyclic) bond motifs is 1. The minimum Gasteiger partial charge on any atom is -0.348 e. The van der Waals surface area contributed by atoms with Crippen molar-refractivity contribution in [3.05, 3.63) is 47.0 Å². The SMILES string of the molecule is O=C(NC1CCNCC1)c1nn(-c2ccccc2F)c2c1CCC2. The number of rotatable bonds is 3. The van der Waals surface area contributed by atoms with Gasteiger partial charge in [-0.15, -0.1) is 0 Å². The zero-order chi connectivity index (χ0) is 16.5. The molecule has 1 saturated heterocycles. The Balaban J connectivity index is 1.66. The molecule has 2 aromatic rings. The van der Waals surface area contributed by atoms with Crippen molar-refractivity contribution in [2.45, 2.75) is 38.1 Å². The van der Waals surface area contributed by atoms with Gasteiger partial charge >= 0.3 is 0 Å². The summed E-state index contributed by atoms with van der Waals surface area (Å²) in [6.45, 7) is 1.85. The summed E-state index contributed by atoms with van der Waals surface area (Å²) < 4.78 is 15.8. The largest absolute Gasteiger partial charge is 0.348 e. The summed E-state index contributed by atoms with van der Waals surface area (Å²) >= 11 is 0. The number of para-hydroxylation sites is 1. The summed E-state index contributed by atoms with van der Waals surface area (Å²) in [6, 6.07) is 6.76. The van der Waals surface area contributed by atoms with Gasteiger partial charge < -0.3 is 10.6 Å². The first-order valence-corrected chi connectivity index (χ1v) is 8.61. The van der Waals surface area contributed by atoms with E-state index < -0.39 is 0 Å². The van der Waals surface area contributed by atoms with Gasteiger partial charge in [-0.05, 0) is 57.3 Å². The Morgan fingerprint density at radius 3 is 2.83 bits per heavy atom. The van der Waals surface area contributed by atoms with Crippen molar-refractivity contribution in [1.82, 2.24) is 20.4 Å². The van der Waals surface area contributed by atoms with Crippen LogP contribution in [0.15, 0.2) is 24.3 Å². The second-order valence-corrected chi connectivity index (χ2v) is 6.49. The molecule has 126 valence electrons. The number of amides is 1. The normalized spacial score (nSPS) is 17.7. The molecule has 1 amide bonds. The number of nitrogens with one attached hydrogen (secondary N) is 2. The lowest BCUT2D eigenvalue weighted by Crippen LogP contribution is -2.43. The second kappa shape index (κ2) is 6.36. The van der Waals surface area contributed by atoms with Crippen molar-refractivity contribution < 1.29 is 9.18 Å². The molecular weight excluding hydrogens is 307 g/mol. The van der Waals surface area contributed by atoms with Crippen LogP contribution in [0.5, 0.6) is 0 Å². The third-order valence-electron chi connectivity index (χ3n) is 4.90. The number of nitrogens with zero attached hydrogens (tertiary/aromatic N) is 2. The van der Waals surface area contributed by atoms with Crippen LogP contribution in [-0.4, -0.2) is 34.8 Å². The molecule has 0 spiro atoms. The standard InChI is InChI=1S/C18H21FN4O/c19-14-5-1-2-6-16(14)23-15-7-3-4-13(15)17(22-23)18(24)21-12-8-10-20-11-9-12/h1-2,5-6,12,20H,3-4,7-11H2,(H,21,24). The molecule has 1 aromatic heterocycles. The maximum Gasteiger partial charge on any atom is 0.272 e. The molecule has 1 aliphatic heterocycles. The van der Waals surface area contributed by atoms with Gasteiger partial charge in [0.25, 0.3) is 5.91 Å². The molecule has 0 unspecified atom stereocenters. The van der Waals surface area contributed by atoms with Crippen LogP contribution in [-0.2, 0) is 12.8 Å². The molecule has 0 bridgehead atoms. The number of carbonyl (C=O) groups excluding carboxylic acids is 1. The summed E-state index contributed by atoms with van der Waals surface area (Å²) in [5.41, 5.74) is 2.82. The number of hydrogen-bond donors (Lipinski definition) is 2. The van der Waals surface area contributed by atoms with Crippen LogP contribution in [0.1, 0.15) is 41.0 Å². The van der Waals surface area contributed by atoms with Crippen molar-refractivity contribution in [2.24, 2.45) is 0 Å². The second-order valence-electron chi connectivity index (χ2n) is 6.49. The van der Waals surface area contributed by atoms with Crippen molar-refractivity contribution in [3.8, 4) is 5.69 Å². The van der Waals surface area contributed by atoms with Crippen LogP contribution in [0.25, 0.3) is 5.69 Å². The maximum absolute atomic E-state index is 14.2. The first kappa shape index (κ1) is 15.3. The molecule has 24 heavy (non-hydrogen) atoms. The molecular formula is C18H21FN4O. The molecule has 5 nitrogen and oxygen atoms in total. The fourth-order valence-electron chi connectivity index (χ4n) is 3.66. The summed E-state index contributed by atoms with van der Waals surface area (Å²) in [4.78, 5) is 12.7. The Bertz CT molecular complexity index is 764. The van der Waals surface area contributed by atoms with E-state index in [-0.39, 0.29) is 17.8 Å². The van der Waals surface area contributed by atoms with Crippen LogP contribution < -0.4 is 10.6 Å². The summed E-state index contributed by atoms with van der Waals surface area (Å²) in [5, 5.41) is 10.9. The van der Waals surface area contributed by atoms with Crippen molar-refractivity contribution >= 4 is 5.91 Å². The highest BCUT2D eigenvalue weighted by atomic mass is 19.1. The van der Waals surface area contributed by atoms with E-state index in [4.69, 9.17) is 0 Å². The predicted molar refractivity (Wildman–Crippen MR) is 88.9 cm³/mol. The number of halogens is 1. The molecule has 2 aliphatic rings. The van der Waals surface area contributed by atoms with Gasteiger partial charge in [-0.2, -0.15) is 5.10 Å². The highest BCUT2D eigenvalue weighted by Crippen LogP contribution is 2.28. The van der Waals surface area contributed by atoms with Crippen LogP contribution >= 0.6 is 0 Å². The maximum atomic E-state index is 14.2. The van der Waals surface area contributed by atoms with Crippen LogP contribution in [0.2, 0.25) is 0 Å². The monoisotopic (exact) mass is 328 g/mol. The van der Waals surface area contributed by atoms with E-state index in [1.54, 1.807) is 22.9 Å². The number of carbonyl (C=O) groups is 1. The Labute approximate surface area is 140 Å². The highest BCUT2D eigenvalue weighted by Gasteiger charge is 2.28. The molecule has 1 aromatic carbocycles. The van der Waals surface area contributed by atoms with Crippen LogP contribution in [0.3, 0.4) is 0 Å². The third kappa shape index (κ3) is 2.71. The lowest BCUT2D eigenvalue weighted by atomic mass is 10.1. The third-order valence-corrected chi connectivity index (χ3v) is 4.90. The average Bonchev–Trinajstić information content (AvgIpc) is 3.19. The van der Waals surface area contributed by atoms with Gasteiger partial charge in [0.2, 0.25) is 0 Å². The lowest BCUT2D eigenvalue weighted by Gasteiger charge is -2.23. The fourth-order valence-corrected chi connectivity index (χ4v) is 3.66. The van der Waals surface area contributed by atoms with Crippen LogP contribution in [0, 0.1) is 5.82 Å². The highest BCUT2D eigenvalue weighted by molar-refractivity contribution is 5.94. The number of hydrogen-bond acceptors (Lipinski definition) is 3. The summed E-state index contributed by atoms with van der Waals surface area (Å²) in [5.74, 6) is -0.449. The van der Waals surface area contributed by atoms with E-state index in [2.05, 4.69) is 15.7 Å². The van der Waals surface area contributed by atoms with Gasteiger partial charge in [-0.3, -0.25) is 4.79 Å². The van der Waals surface area contributed by atoms with Gasteiger partial charge in [0.05, 0.1) is 0 Å². The van der Waals surface area contributed by atoms with Gasteiger partial charge in [0.15, 0.2) is 5.69 Å². The number of piperidine rings is 1. The Kier molecular flexibility index (Phi) is 4.06. The predicted octanol–water partition coefficient (Wildman–Crippen LogP) is 1.98. The Morgan fingerprint density at radius 2 is 2.04 bits per heavy atom. The molecule has 6 heteroatoms. The van der Waals surface area contributed by atoms with E-state index in [9.17, 15) is 9.18 Å². The first-order valence-electron chi connectivity index (χ1n) is 8.61. The van der Waals surface area contributed by atoms with Gasteiger partial charge in [-0.25, -0.2) is 9.07 Å². The van der Waals surface area contributed by atoms with E-state index in [1.807, 2.05) is 0 Å². The summed E-state index contributed by atoms with van der Waals surface area (Å²) in [6.07, 6.45) is 4.51. The van der Waals surface area contributed by atoms with Gasteiger partial charge in [0.1, 0.15) is 11.5 Å². The molecule has 2 N–H and O–H groups in total. The molecule has 0 radical (unpaired) electrons. The fraction of sp³-hybridized carbons (Fsp3) is 0.444. The van der Waals surface area contributed by atoms with Gasteiger partial charge in [-0.1, -0.05) is 12.1 Å². The van der Waals surface area contributed by atoms with Crippen LogP contribution in [0.4, 0.5) is 4.39 Å². The summed E-state index contributed by atoms with van der Waals surface area (Å²) in [7, 11) is 0. The quantitative estimate of drug-likeness (QED) is 0.906. The number of aromatic nitrogens is 2. The molecule has 1 aliphatic carbocycles. The van der Waals surface area contributed by atoms with E-state index in [1.165, 1.54) is 6.07 Å². The molecule has 0 saturated carbocycles. The average molecular weight is 328 g/mol. The minimum absolute atomic E-state index is 0.130. The first-order chi connectivity index (χ1) is 11.7. The molecule has 1 fully saturated rings.